The largest absolute Gasteiger partial charge is 0.408 e. The number of hydrogen-bond donors (Lipinski definition) is 4. The maximum absolute atomic E-state index is 13.7. The number of nitrogens with zero attached hydrogens (tertiary/aromatic N) is 3. The van der Waals surface area contributed by atoms with E-state index >= 15 is 0 Å². The van der Waals surface area contributed by atoms with Crippen LogP contribution in [0.15, 0.2) is 17.1 Å². The van der Waals surface area contributed by atoms with Gasteiger partial charge in [-0.05, 0) is 26.8 Å². The highest BCUT2D eigenvalue weighted by molar-refractivity contribution is 8.13. The van der Waals surface area contributed by atoms with Crippen LogP contribution in [0.25, 0.3) is 0 Å². The summed E-state index contributed by atoms with van der Waals surface area (Å²) in [5, 5.41) is 30.7. The smallest absolute Gasteiger partial charge is 0.395 e. The monoisotopic (exact) mass is 582 g/mol. The van der Waals surface area contributed by atoms with Gasteiger partial charge in [-0.25, -0.2) is 14.0 Å². The first-order valence-electron chi connectivity index (χ1n) is 11.7. The number of aliphatic hydroxyl groups is 3. The zero-order chi connectivity index (χ0) is 27.4. The molecular weight excluding hydrogens is 543 g/mol. The van der Waals surface area contributed by atoms with E-state index in [1.54, 1.807) is 13.8 Å². The molecule has 1 aromatic rings. The predicted molar refractivity (Wildman–Crippen MR) is 140 cm³/mol. The molecule has 0 aromatic carbocycles. The molecule has 2 aliphatic heterocycles. The van der Waals surface area contributed by atoms with E-state index in [2.05, 4.69) is 4.98 Å². The van der Waals surface area contributed by atoms with E-state index in [9.17, 15) is 29.5 Å². The number of nitrogens with two attached hydrogens (primary N) is 1. The Hall–Kier alpha value is -1.39. The maximum atomic E-state index is 13.7. The molecule has 0 radical (unpaired) electrons. The third kappa shape index (κ3) is 7.42. The fourth-order valence-corrected chi connectivity index (χ4v) is 6.34. The summed E-state index contributed by atoms with van der Waals surface area (Å²) in [5.41, 5.74) is 1.92. The average molecular weight is 583 g/mol. The van der Waals surface area contributed by atoms with E-state index in [1.807, 2.05) is 0 Å². The van der Waals surface area contributed by atoms with Crippen molar-refractivity contribution in [3.8, 4) is 0 Å². The summed E-state index contributed by atoms with van der Waals surface area (Å²) < 4.78 is 38.6. The van der Waals surface area contributed by atoms with Gasteiger partial charge in [0.25, 0.3) is 0 Å². The Morgan fingerprint density at radius 2 is 2.03 bits per heavy atom. The minimum Gasteiger partial charge on any atom is -0.395 e. The Morgan fingerprint density at radius 1 is 1.37 bits per heavy atom. The number of nitrogen functional groups attached to an aromatic ring is 1. The molecule has 0 bridgehead atoms. The summed E-state index contributed by atoms with van der Waals surface area (Å²) in [7, 11) is -3.92. The Labute approximate surface area is 226 Å². The number of aromatic nitrogens is 2. The van der Waals surface area contributed by atoms with Crippen molar-refractivity contribution in [1.82, 2.24) is 14.2 Å². The first kappa shape index (κ1) is 32.8. The van der Waals surface area contributed by atoms with Gasteiger partial charge in [-0.15, -0.1) is 0 Å². The number of morpholine rings is 1. The third-order valence-electron chi connectivity index (χ3n) is 6.11. The molecule has 0 saturated carbocycles. The summed E-state index contributed by atoms with van der Waals surface area (Å²) in [4.78, 5) is 28.1. The average Bonchev–Trinajstić information content (AvgIpc) is 3.09. The molecule has 2 saturated heterocycles. The Bertz CT molecular complexity index is 1050. The summed E-state index contributed by atoms with van der Waals surface area (Å²) in [6, 6.07) is 1.35. The van der Waals surface area contributed by atoms with Gasteiger partial charge >= 0.3 is 13.4 Å². The lowest BCUT2D eigenvalue weighted by molar-refractivity contribution is -0.119. The molecule has 3 heterocycles. The molecule has 1 unspecified atom stereocenters. The lowest BCUT2D eigenvalue weighted by Crippen LogP contribution is -2.46. The first-order chi connectivity index (χ1) is 17.3. The fourth-order valence-electron chi connectivity index (χ4n) is 3.70. The quantitative estimate of drug-likeness (QED) is 0.204. The lowest BCUT2D eigenvalue weighted by Gasteiger charge is -2.33. The molecule has 38 heavy (non-hydrogen) atoms. The second kappa shape index (κ2) is 13.3. The van der Waals surface area contributed by atoms with Crippen LogP contribution in [0.4, 0.5) is 5.82 Å². The fraction of sp³-hybridized carbons (Fsp3) is 0.773. The van der Waals surface area contributed by atoms with Crippen LogP contribution < -0.4 is 11.4 Å². The molecule has 14 nitrogen and oxygen atoms in total. The number of rotatable bonds is 11. The SMILES string of the molecule is C.CC(C)(CO)C(=O)SCCOP(=O)(OC[C@H]1O[C@@H](n2ccc(N)nc2=O)[C@](C)(O)[C@@H]1O)N1CCOCC1. The molecule has 0 spiro atoms. The van der Waals surface area contributed by atoms with Crippen LogP contribution in [0.1, 0.15) is 34.4 Å². The summed E-state index contributed by atoms with van der Waals surface area (Å²) >= 11 is 0.950. The zero-order valence-electron chi connectivity index (χ0n) is 21.0. The second-order valence-electron chi connectivity index (χ2n) is 9.58. The van der Waals surface area contributed by atoms with Crippen molar-refractivity contribution in [2.24, 2.45) is 5.41 Å². The van der Waals surface area contributed by atoms with Gasteiger partial charge in [0.1, 0.15) is 23.6 Å². The molecule has 1 aromatic heterocycles. The molecule has 16 heteroatoms. The number of thioether (sulfide) groups is 1. The molecular formula is C22H39N4O10PS. The van der Waals surface area contributed by atoms with Crippen molar-refractivity contribution in [3.05, 3.63) is 22.7 Å². The summed E-state index contributed by atoms with van der Waals surface area (Å²) in [5.74, 6) is 0.162. The highest BCUT2D eigenvalue weighted by atomic mass is 32.2. The molecule has 3 rings (SSSR count). The number of hydrogen-bond acceptors (Lipinski definition) is 13. The topological polar surface area (TPSA) is 196 Å². The Kier molecular flexibility index (Phi) is 11.5. The van der Waals surface area contributed by atoms with E-state index in [0.717, 1.165) is 16.3 Å². The molecule has 2 aliphatic rings. The van der Waals surface area contributed by atoms with Crippen LogP contribution in [0.2, 0.25) is 0 Å². The van der Waals surface area contributed by atoms with Crippen molar-refractivity contribution >= 4 is 30.4 Å². The number of aliphatic hydroxyl groups excluding tert-OH is 2. The van der Waals surface area contributed by atoms with Gasteiger partial charge in [-0.1, -0.05) is 19.2 Å². The minimum absolute atomic E-state index is 0. The van der Waals surface area contributed by atoms with Gasteiger partial charge < -0.3 is 30.5 Å². The van der Waals surface area contributed by atoms with Gasteiger partial charge in [0.05, 0.1) is 38.4 Å². The Morgan fingerprint density at radius 3 is 2.63 bits per heavy atom. The minimum atomic E-state index is -3.92. The molecule has 0 aliphatic carbocycles. The highest BCUT2D eigenvalue weighted by Crippen LogP contribution is 2.53. The van der Waals surface area contributed by atoms with Crippen LogP contribution in [0, 0.1) is 5.41 Å². The molecule has 5 atom stereocenters. The van der Waals surface area contributed by atoms with Crippen LogP contribution in [-0.4, -0.2) is 104 Å². The van der Waals surface area contributed by atoms with Gasteiger partial charge in [0.15, 0.2) is 11.3 Å². The third-order valence-corrected chi connectivity index (χ3v) is 9.38. The van der Waals surface area contributed by atoms with Crippen molar-refractivity contribution in [2.45, 2.75) is 52.2 Å². The lowest BCUT2D eigenvalue weighted by atomic mass is 9.96. The maximum Gasteiger partial charge on any atom is 0.408 e. The van der Waals surface area contributed by atoms with E-state index in [4.69, 9.17) is 24.3 Å². The summed E-state index contributed by atoms with van der Waals surface area (Å²) in [6.07, 6.45) is -2.69. The normalized spacial score (nSPS) is 28.0. The first-order valence-corrected chi connectivity index (χ1v) is 14.2. The van der Waals surface area contributed by atoms with E-state index in [0.29, 0.717) is 13.2 Å². The molecule has 2 fully saturated rings. The summed E-state index contributed by atoms with van der Waals surface area (Å²) in [6.45, 7) is 4.86. The second-order valence-corrected chi connectivity index (χ2v) is 12.7. The van der Waals surface area contributed by atoms with E-state index in [-0.39, 0.29) is 50.4 Å². The Balaban J connectivity index is 0.00000507. The number of ether oxygens (including phenoxy) is 2. The standard InChI is InChI=1S/C21H35N4O10PS.CH4/c1-20(2,13-26)18(28)37-11-10-33-36(31,24-6-8-32-9-7-24)34-12-14-16(27)21(3,30)17(35-14)25-5-4-15(22)23-19(25)29;/h4-5,14,16-17,26-27,30H,6-13H2,1-3H3,(H2,22,23,29);1H4/t14-,16-,17-,21-,36?;/m1./s1. The van der Waals surface area contributed by atoms with Crippen LogP contribution in [0.3, 0.4) is 0 Å². The predicted octanol–water partition coefficient (Wildman–Crippen LogP) is 0.223. The van der Waals surface area contributed by atoms with Crippen molar-refractivity contribution in [2.75, 3.05) is 57.6 Å². The van der Waals surface area contributed by atoms with Crippen molar-refractivity contribution < 1.29 is 43.2 Å². The van der Waals surface area contributed by atoms with Gasteiger partial charge in [-0.3, -0.25) is 18.4 Å². The number of carbonyl (C=O) groups is 1. The van der Waals surface area contributed by atoms with Gasteiger partial charge in [0.2, 0.25) is 0 Å². The number of carbonyl (C=O) groups excluding carboxylic acids is 1. The molecule has 5 N–H and O–H groups in total. The van der Waals surface area contributed by atoms with Crippen LogP contribution >= 0.6 is 19.5 Å². The van der Waals surface area contributed by atoms with Gasteiger partial charge in [-0.2, -0.15) is 4.98 Å². The van der Waals surface area contributed by atoms with Crippen LogP contribution in [-0.2, 0) is 27.9 Å². The zero-order valence-corrected chi connectivity index (χ0v) is 22.7. The molecule has 218 valence electrons. The van der Waals surface area contributed by atoms with Crippen molar-refractivity contribution in [1.29, 1.82) is 0 Å². The highest BCUT2D eigenvalue weighted by Gasteiger charge is 2.54. The van der Waals surface area contributed by atoms with E-state index < -0.39 is 49.5 Å². The number of anilines is 1. The van der Waals surface area contributed by atoms with Crippen LogP contribution in [0.5, 0.6) is 0 Å². The van der Waals surface area contributed by atoms with Gasteiger partial charge in [0, 0.05) is 25.0 Å². The molecule has 0 amide bonds. The van der Waals surface area contributed by atoms with E-state index in [1.165, 1.54) is 23.9 Å². The van der Waals surface area contributed by atoms with Crippen molar-refractivity contribution in [3.63, 3.8) is 0 Å².